The van der Waals surface area contributed by atoms with Crippen LogP contribution in [-0.2, 0) is 0 Å². The second kappa shape index (κ2) is 36.2. The normalized spacial score (nSPS) is 11.6. The number of hydrogen-bond donors (Lipinski definition) is 0. The maximum absolute atomic E-state index is 5.18. The zero-order chi connectivity index (χ0) is 95.1. The van der Waals surface area contributed by atoms with Crippen LogP contribution in [0.1, 0.15) is 0 Å². The van der Waals surface area contributed by atoms with Crippen molar-refractivity contribution in [2.45, 2.75) is 0 Å². The number of rotatable bonds is 14. The van der Waals surface area contributed by atoms with E-state index in [1.165, 1.54) is 187 Å². The summed E-state index contributed by atoms with van der Waals surface area (Å²) in [6, 6.07) is 175. The summed E-state index contributed by atoms with van der Waals surface area (Å²) in [6.45, 7) is 0. The minimum atomic E-state index is 0.592. The molecule has 0 saturated heterocycles. The molecule has 9 nitrogen and oxygen atoms in total. The first kappa shape index (κ1) is 84.9. The van der Waals surface area contributed by atoms with E-state index < -0.39 is 0 Å². The number of benzene rings is 19. The first-order chi connectivity index (χ1) is 71.4. The largest absolute Gasteiger partial charge is 0.309 e. The van der Waals surface area contributed by atoms with Gasteiger partial charge in [-0.05, 0) is 236 Å². The third kappa shape index (κ3) is 15.3. The minimum absolute atomic E-state index is 0.592. The molecule has 12 heteroatoms. The molecule has 29 aromatic rings. The third-order valence-electron chi connectivity index (χ3n) is 27.8. The van der Waals surface area contributed by atoms with Crippen LogP contribution in [0.4, 0.5) is 0 Å². The highest BCUT2D eigenvalue weighted by atomic mass is 32.1. The molecule has 0 aliphatic rings. The van der Waals surface area contributed by atoms with Crippen molar-refractivity contribution in [3.63, 3.8) is 0 Å². The summed E-state index contributed by atoms with van der Waals surface area (Å²) in [6.07, 6.45) is 3.63. The van der Waals surface area contributed by atoms with Gasteiger partial charge in [-0.15, -0.1) is 34.0 Å². The van der Waals surface area contributed by atoms with Crippen molar-refractivity contribution in [2.75, 3.05) is 0 Å². The zero-order valence-corrected chi connectivity index (χ0v) is 80.1. The number of hydrogen-bond acceptors (Lipinski definition) is 9. The molecular formula is C132H83N9S3. The van der Waals surface area contributed by atoms with Crippen molar-refractivity contribution in [3.8, 4) is 141 Å². The number of nitrogens with zero attached hydrogens (tertiary/aromatic N) is 9. The summed E-state index contributed by atoms with van der Waals surface area (Å²) >= 11 is 5.59. The highest BCUT2D eigenvalue weighted by Gasteiger charge is 2.27. The second-order valence-corrected chi connectivity index (χ2v) is 39.5. The van der Waals surface area contributed by atoms with E-state index in [1.807, 2.05) is 119 Å². The van der Waals surface area contributed by atoms with Gasteiger partial charge in [0.05, 0.1) is 61.6 Å². The topological polar surface area (TPSA) is 92.1 Å². The standard InChI is InChI=1S/2C45H28N4S.C42H27NS/c1-5-13-29(14-6-1)33-21-23-37-35(27-33)41-38(24-26-40-42(41)36-28-34(22-25-39(36)50-40)30-15-7-2-8-16-30)49(37)45-47-43(31-17-9-3-10-18-31)46-44(48-45)32-19-11-4-12-20-32;1-3-11-29(12-4-1)31-17-19-40-34(25-31)44-41(20-22-43-45(44)35-26-32(18-21-42(35)50-43)30-13-5-2-6-14-30)49(40)33-27-38(36-15-7-9-23-46-36)48-39(28-33)37-16-8-10-24-47-37;1-4-10-28(11-5-1)31-16-20-34(21-17-31)43-37-22-18-32(29-12-6-2-7-13-29)26-35(37)41-38(43)23-25-40-42(41)36-27-33(19-24-39(36)44-40)30-14-8-3-9-15-30/h2*1-28H;1-27H. The van der Waals surface area contributed by atoms with Gasteiger partial charge in [-0.2, -0.15) is 9.97 Å². The maximum Gasteiger partial charge on any atom is 0.238 e. The van der Waals surface area contributed by atoms with Crippen molar-refractivity contribution in [2.24, 2.45) is 0 Å². The highest BCUT2D eigenvalue weighted by molar-refractivity contribution is 7.27. The fourth-order valence-corrected chi connectivity index (χ4v) is 24.3. The smallest absolute Gasteiger partial charge is 0.238 e. The van der Waals surface area contributed by atoms with E-state index in [0.29, 0.717) is 17.6 Å². The molecule has 0 radical (unpaired) electrons. The van der Waals surface area contributed by atoms with Gasteiger partial charge in [0.2, 0.25) is 5.95 Å². The fourth-order valence-electron chi connectivity index (χ4n) is 21.0. The van der Waals surface area contributed by atoms with E-state index in [-0.39, 0.29) is 0 Å². The van der Waals surface area contributed by atoms with Crippen molar-refractivity contribution in [1.29, 1.82) is 0 Å². The molecule has 0 N–H and O–H groups in total. The zero-order valence-electron chi connectivity index (χ0n) is 77.7. The summed E-state index contributed by atoms with van der Waals surface area (Å²) in [5, 5.41) is 15.2. The van der Waals surface area contributed by atoms with Crippen molar-refractivity contribution >= 4 is 160 Å². The van der Waals surface area contributed by atoms with Gasteiger partial charge in [0, 0.05) is 122 Å². The molecule has 0 amide bonds. The number of fused-ring (bicyclic) bond motifs is 21. The van der Waals surface area contributed by atoms with E-state index in [1.54, 1.807) is 0 Å². The Balaban J connectivity index is 0.000000108. The van der Waals surface area contributed by atoms with Crippen LogP contribution in [0.5, 0.6) is 0 Å². The van der Waals surface area contributed by atoms with Crippen LogP contribution < -0.4 is 0 Å². The predicted molar refractivity (Wildman–Crippen MR) is 608 cm³/mol. The van der Waals surface area contributed by atoms with Gasteiger partial charge in [0.1, 0.15) is 0 Å². The Hall–Kier alpha value is -18.3. The van der Waals surface area contributed by atoms with Crippen LogP contribution in [-0.4, -0.2) is 43.6 Å². The molecule has 144 heavy (non-hydrogen) atoms. The van der Waals surface area contributed by atoms with Gasteiger partial charge < -0.3 is 9.13 Å². The molecule has 29 rings (SSSR count). The van der Waals surface area contributed by atoms with Gasteiger partial charge >= 0.3 is 0 Å². The summed E-state index contributed by atoms with van der Waals surface area (Å²) in [7, 11) is 0. The molecule has 0 atom stereocenters. The molecular weight excluding hydrogens is 1810 g/mol. The van der Waals surface area contributed by atoms with Crippen LogP contribution >= 0.6 is 34.0 Å². The van der Waals surface area contributed by atoms with Gasteiger partial charge in [-0.3, -0.25) is 14.5 Å². The van der Waals surface area contributed by atoms with E-state index >= 15 is 0 Å². The van der Waals surface area contributed by atoms with Crippen molar-refractivity contribution in [1.82, 2.24) is 43.6 Å². The SMILES string of the molecule is c1ccc(-c2ccc(-n3c4ccc(-c5ccccc5)cc4c4c5c(ccc43)sc3ccc(-c4ccccc4)cc35)cc2)cc1.c1ccc(-c2ccc3sc4ccc5c(c6cc(-c7ccccc7)ccc6n5-c5cc(-c6ccccn6)nc(-c6ccccn6)c5)c4c3c2)cc1.c1ccc(-c2ccc3sc4ccc5c(c6cc(-c7ccccc7)ccc6n5-c5nc(-c6ccccc6)nc(-c6ccccc6)n5)c4c3c2)cc1. The van der Waals surface area contributed by atoms with Crippen molar-refractivity contribution < 1.29 is 0 Å². The molecule has 10 aromatic heterocycles. The van der Waals surface area contributed by atoms with Crippen LogP contribution in [0.3, 0.4) is 0 Å². The van der Waals surface area contributed by atoms with E-state index in [4.69, 9.17) is 19.9 Å². The lowest BCUT2D eigenvalue weighted by atomic mass is 9.99. The molecule has 0 bridgehead atoms. The molecule has 0 aliphatic carbocycles. The van der Waals surface area contributed by atoms with Crippen LogP contribution in [0.25, 0.3) is 267 Å². The predicted octanol–water partition coefficient (Wildman–Crippen LogP) is 36.2. The highest BCUT2D eigenvalue weighted by Crippen LogP contribution is 2.51. The molecule has 19 aromatic carbocycles. The van der Waals surface area contributed by atoms with Crippen LogP contribution in [0.2, 0.25) is 0 Å². The molecule has 10 heterocycles. The maximum atomic E-state index is 5.18. The minimum Gasteiger partial charge on any atom is -0.309 e. The molecule has 0 unspecified atom stereocenters. The molecule has 0 fully saturated rings. The monoisotopic (exact) mass is 1890 g/mol. The van der Waals surface area contributed by atoms with Crippen LogP contribution in [0, 0.1) is 0 Å². The molecule has 0 spiro atoms. The number of aromatic nitrogens is 9. The quantitative estimate of drug-likeness (QED) is 0.108. The van der Waals surface area contributed by atoms with E-state index in [2.05, 4.69) is 442 Å². The number of pyridine rings is 3. The Morgan fingerprint density at radius 1 is 0.153 bits per heavy atom. The lowest BCUT2D eigenvalue weighted by Gasteiger charge is -2.13. The summed E-state index contributed by atoms with van der Waals surface area (Å²) in [5.41, 5.74) is 31.2. The van der Waals surface area contributed by atoms with Gasteiger partial charge in [-0.25, -0.2) is 9.97 Å². The summed E-state index contributed by atoms with van der Waals surface area (Å²) in [5.74, 6) is 1.87. The second-order valence-electron chi connectivity index (χ2n) is 36.3. The Bertz CT molecular complexity index is 9440. The Kier molecular flexibility index (Phi) is 21.3. The average molecular weight is 1890 g/mol. The van der Waals surface area contributed by atoms with Crippen LogP contribution in [0.15, 0.2) is 504 Å². The van der Waals surface area contributed by atoms with E-state index in [9.17, 15) is 0 Å². The Morgan fingerprint density at radius 3 is 0.722 bits per heavy atom. The number of thiophene rings is 3. The molecule has 0 saturated carbocycles. The van der Waals surface area contributed by atoms with Crippen molar-refractivity contribution in [3.05, 3.63) is 504 Å². The van der Waals surface area contributed by atoms with Gasteiger partial charge in [0.25, 0.3) is 0 Å². The molecule has 0 aliphatic heterocycles. The average Bonchev–Trinajstić information content (AvgIpc) is 1.56. The summed E-state index contributed by atoms with van der Waals surface area (Å²) < 4.78 is 14.8. The first-order valence-electron chi connectivity index (χ1n) is 48.4. The lowest BCUT2D eigenvalue weighted by Crippen LogP contribution is -2.06. The van der Waals surface area contributed by atoms with E-state index in [0.717, 1.165) is 61.7 Å². The third-order valence-corrected chi connectivity index (χ3v) is 31.2. The fraction of sp³-hybridized carbons (Fsp3) is 0. The Labute approximate surface area is 841 Å². The Morgan fingerprint density at radius 2 is 0.403 bits per heavy atom. The lowest BCUT2D eigenvalue weighted by molar-refractivity contribution is 0.953. The van der Waals surface area contributed by atoms with Gasteiger partial charge in [-0.1, -0.05) is 334 Å². The van der Waals surface area contributed by atoms with Gasteiger partial charge in [0.15, 0.2) is 11.6 Å². The molecule has 674 valence electrons. The first-order valence-corrected chi connectivity index (χ1v) is 50.8. The summed E-state index contributed by atoms with van der Waals surface area (Å²) in [4.78, 5) is 29.8.